The number of piperidine rings is 1. The maximum atomic E-state index is 14.6. The van der Waals surface area contributed by atoms with E-state index in [1.807, 2.05) is 0 Å². The average molecular weight is 512 g/mol. The summed E-state index contributed by atoms with van der Waals surface area (Å²) in [6.45, 7) is 0.304. The number of rotatable bonds is 6. The summed E-state index contributed by atoms with van der Waals surface area (Å²) < 4.78 is 52.4. The van der Waals surface area contributed by atoms with Crippen LogP contribution in [0.15, 0.2) is 35.5 Å². The highest BCUT2D eigenvalue weighted by Gasteiger charge is 2.39. The lowest BCUT2D eigenvalue weighted by atomic mass is 9.97. The summed E-state index contributed by atoms with van der Waals surface area (Å²) >= 11 is 5.68. The van der Waals surface area contributed by atoms with Crippen LogP contribution in [0.2, 0.25) is 5.02 Å². The van der Waals surface area contributed by atoms with Gasteiger partial charge in [0.1, 0.15) is 17.7 Å². The van der Waals surface area contributed by atoms with Gasteiger partial charge in [0.25, 0.3) is 5.91 Å². The number of carbonyl (C=O) groups is 2. The van der Waals surface area contributed by atoms with Crippen molar-refractivity contribution < 1.29 is 26.8 Å². The first-order valence-electron chi connectivity index (χ1n) is 11.0. The predicted molar refractivity (Wildman–Crippen MR) is 121 cm³/mol. The van der Waals surface area contributed by atoms with Crippen molar-refractivity contribution in [3.05, 3.63) is 58.4 Å². The standard InChI is InChI=1S/C23H24ClF2N3O4S/c1-34(32,33)15-8-14(11-27-12-15)23(31)29-7-3-2-4-20(29)22(30)28-21(13-5-6-13)16-9-19(26)17(24)10-18(16)25/h8-13,20-21H,2-7H2,1H3,(H,28,30)/t20?,21-/m1/s1. The first-order chi connectivity index (χ1) is 16.1. The van der Waals surface area contributed by atoms with Crippen LogP contribution in [0.25, 0.3) is 0 Å². The minimum Gasteiger partial charge on any atom is -0.347 e. The molecule has 0 bridgehead atoms. The van der Waals surface area contributed by atoms with Crippen LogP contribution in [0, 0.1) is 17.6 Å². The summed E-state index contributed by atoms with van der Waals surface area (Å²) in [5, 5.41) is 2.49. The Bertz CT molecular complexity index is 1240. The quantitative estimate of drug-likeness (QED) is 0.597. The third-order valence-corrected chi connectivity index (χ3v) is 7.59. The molecule has 0 spiro atoms. The molecule has 1 saturated heterocycles. The van der Waals surface area contributed by atoms with Crippen molar-refractivity contribution in [1.29, 1.82) is 0 Å². The van der Waals surface area contributed by atoms with Gasteiger partial charge in [0.2, 0.25) is 5.91 Å². The van der Waals surface area contributed by atoms with Crippen LogP contribution >= 0.6 is 11.6 Å². The Kier molecular flexibility index (Phi) is 6.91. The van der Waals surface area contributed by atoms with Crippen LogP contribution in [0.4, 0.5) is 8.78 Å². The molecule has 1 aromatic carbocycles. The normalized spacial score (nSPS) is 19.5. The average Bonchev–Trinajstić information content (AvgIpc) is 3.64. The molecule has 11 heteroatoms. The Hall–Kier alpha value is -2.59. The van der Waals surface area contributed by atoms with E-state index in [-0.39, 0.29) is 27.0 Å². The monoisotopic (exact) mass is 511 g/mol. The SMILES string of the molecule is CS(=O)(=O)c1cncc(C(=O)N2CCCCC2C(=O)N[C@@H](c2cc(F)c(Cl)cc2F)C2CC2)c1. The van der Waals surface area contributed by atoms with E-state index in [4.69, 9.17) is 11.6 Å². The number of likely N-dealkylation sites (tertiary alicyclic amines) is 1. The zero-order chi connectivity index (χ0) is 24.6. The van der Waals surface area contributed by atoms with Crippen molar-refractivity contribution in [2.45, 2.75) is 49.1 Å². The highest BCUT2D eigenvalue weighted by Crippen LogP contribution is 2.42. The molecular weight excluding hydrogens is 488 g/mol. The summed E-state index contributed by atoms with van der Waals surface area (Å²) in [4.78, 5) is 31.7. The van der Waals surface area contributed by atoms with Gasteiger partial charge in [-0.05, 0) is 56.2 Å². The number of hydrogen-bond acceptors (Lipinski definition) is 5. The number of benzene rings is 1. The fraction of sp³-hybridized carbons (Fsp3) is 0.435. The maximum absolute atomic E-state index is 14.6. The number of aromatic nitrogens is 1. The molecule has 2 aromatic rings. The first kappa shape index (κ1) is 24.5. The van der Waals surface area contributed by atoms with Gasteiger partial charge in [-0.1, -0.05) is 11.6 Å². The number of sulfone groups is 1. The van der Waals surface area contributed by atoms with Crippen molar-refractivity contribution in [2.75, 3.05) is 12.8 Å². The van der Waals surface area contributed by atoms with E-state index < -0.39 is 45.4 Å². The topological polar surface area (TPSA) is 96.4 Å². The Morgan fingerprint density at radius 1 is 1.12 bits per heavy atom. The van der Waals surface area contributed by atoms with Crippen molar-refractivity contribution in [2.24, 2.45) is 5.92 Å². The first-order valence-corrected chi connectivity index (χ1v) is 13.2. The molecule has 2 atom stereocenters. The van der Waals surface area contributed by atoms with Crippen LogP contribution in [-0.4, -0.2) is 49.0 Å². The second-order valence-corrected chi connectivity index (χ2v) is 11.2. The van der Waals surface area contributed by atoms with Crippen LogP contribution in [0.1, 0.15) is 54.1 Å². The van der Waals surface area contributed by atoms with Crippen LogP contribution < -0.4 is 5.32 Å². The Morgan fingerprint density at radius 2 is 1.85 bits per heavy atom. The summed E-state index contributed by atoms with van der Waals surface area (Å²) in [5.74, 6) is -2.49. The summed E-state index contributed by atoms with van der Waals surface area (Å²) in [6, 6.07) is 1.57. The van der Waals surface area contributed by atoms with Gasteiger partial charge in [0, 0.05) is 30.8 Å². The molecule has 4 rings (SSSR count). The van der Waals surface area contributed by atoms with E-state index >= 15 is 0 Å². The van der Waals surface area contributed by atoms with Gasteiger partial charge < -0.3 is 10.2 Å². The Balaban J connectivity index is 1.58. The lowest BCUT2D eigenvalue weighted by Crippen LogP contribution is -2.52. The van der Waals surface area contributed by atoms with E-state index in [1.54, 1.807) is 0 Å². The fourth-order valence-corrected chi connectivity index (χ4v) is 5.00. The molecule has 0 radical (unpaired) electrons. The summed E-state index contributed by atoms with van der Waals surface area (Å²) in [5.41, 5.74) is 0.0867. The fourth-order valence-electron chi connectivity index (χ4n) is 4.26. The molecule has 2 amide bonds. The molecule has 2 fully saturated rings. The minimum absolute atomic E-state index is 0.0245. The molecule has 1 aliphatic heterocycles. The molecule has 2 heterocycles. The highest BCUT2D eigenvalue weighted by molar-refractivity contribution is 7.90. The summed E-state index contributed by atoms with van der Waals surface area (Å²) in [6.07, 6.45) is 6.74. The molecule has 1 aromatic heterocycles. The molecule has 1 saturated carbocycles. The Morgan fingerprint density at radius 3 is 2.53 bits per heavy atom. The van der Waals surface area contributed by atoms with Gasteiger partial charge in [-0.2, -0.15) is 0 Å². The van der Waals surface area contributed by atoms with E-state index in [0.29, 0.717) is 25.8 Å². The lowest BCUT2D eigenvalue weighted by molar-refractivity contribution is -0.127. The molecule has 2 aliphatic rings. The second kappa shape index (κ2) is 9.58. The molecule has 1 unspecified atom stereocenters. The van der Waals surface area contributed by atoms with Crippen molar-refractivity contribution in [3.63, 3.8) is 0 Å². The van der Waals surface area contributed by atoms with E-state index in [9.17, 15) is 26.8 Å². The van der Waals surface area contributed by atoms with Crippen molar-refractivity contribution in [3.8, 4) is 0 Å². The maximum Gasteiger partial charge on any atom is 0.256 e. The van der Waals surface area contributed by atoms with Crippen LogP contribution in [0.3, 0.4) is 0 Å². The number of hydrogen-bond donors (Lipinski definition) is 1. The number of nitrogens with one attached hydrogen (secondary N) is 1. The van der Waals surface area contributed by atoms with Gasteiger partial charge in [0.05, 0.1) is 21.5 Å². The van der Waals surface area contributed by atoms with Gasteiger partial charge in [0.15, 0.2) is 9.84 Å². The number of pyridine rings is 1. The van der Waals surface area contributed by atoms with Gasteiger partial charge in [-0.3, -0.25) is 14.6 Å². The lowest BCUT2D eigenvalue weighted by Gasteiger charge is -2.36. The van der Waals surface area contributed by atoms with E-state index in [1.165, 1.54) is 17.2 Å². The number of nitrogens with zero attached hydrogens (tertiary/aromatic N) is 2. The second-order valence-electron chi connectivity index (χ2n) is 8.80. The van der Waals surface area contributed by atoms with E-state index in [2.05, 4.69) is 10.3 Å². The number of amides is 2. The van der Waals surface area contributed by atoms with Crippen LogP contribution in [0.5, 0.6) is 0 Å². The molecule has 1 aliphatic carbocycles. The molecule has 7 nitrogen and oxygen atoms in total. The molecule has 1 N–H and O–H groups in total. The van der Waals surface area contributed by atoms with Crippen molar-refractivity contribution in [1.82, 2.24) is 15.2 Å². The largest absolute Gasteiger partial charge is 0.347 e. The minimum atomic E-state index is -3.57. The van der Waals surface area contributed by atoms with E-state index in [0.717, 1.165) is 37.4 Å². The van der Waals surface area contributed by atoms with Crippen LogP contribution in [-0.2, 0) is 14.6 Å². The number of carbonyl (C=O) groups excluding carboxylic acids is 2. The zero-order valence-electron chi connectivity index (χ0n) is 18.4. The van der Waals surface area contributed by atoms with Gasteiger partial charge in [-0.15, -0.1) is 0 Å². The molecule has 34 heavy (non-hydrogen) atoms. The van der Waals surface area contributed by atoms with Gasteiger partial charge in [-0.25, -0.2) is 17.2 Å². The molecule has 182 valence electrons. The zero-order valence-corrected chi connectivity index (χ0v) is 20.0. The Labute approximate surface area is 201 Å². The molecular formula is C23H24ClF2N3O4S. The highest BCUT2D eigenvalue weighted by atomic mass is 35.5. The van der Waals surface area contributed by atoms with Crippen molar-refractivity contribution >= 4 is 33.3 Å². The smallest absolute Gasteiger partial charge is 0.256 e. The summed E-state index contributed by atoms with van der Waals surface area (Å²) in [7, 11) is -3.57. The third kappa shape index (κ3) is 5.22. The third-order valence-electron chi connectivity index (χ3n) is 6.22. The van der Waals surface area contributed by atoms with Gasteiger partial charge >= 0.3 is 0 Å². The number of halogens is 3. The predicted octanol–water partition coefficient (Wildman–Crippen LogP) is 3.68.